The molecule has 0 aliphatic carbocycles. The van der Waals surface area contributed by atoms with Crippen molar-refractivity contribution in [3.05, 3.63) is 135 Å². The molecule has 3 aliphatic heterocycles. The highest BCUT2D eigenvalue weighted by atomic mass is 16.5. The fourth-order valence-corrected chi connectivity index (χ4v) is 6.05. The van der Waals surface area contributed by atoms with Crippen LogP contribution in [0.3, 0.4) is 0 Å². The van der Waals surface area contributed by atoms with Gasteiger partial charge in [0.2, 0.25) is 5.43 Å². The number of aromatic nitrogens is 1. The predicted octanol–water partition coefficient (Wildman–Crippen LogP) is 4.58. The van der Waals surface area contributed by atoms with Gasteiger partial charge in [-0.05, 0) is 36.3 Å². The van der Waals surface area contributed by atoms with E-state index in [1.165, 1.54) is 6.07 Å². The Hall–Kier alpha value is -4.98. The molecule has 0 radical (unpaired) electrons. The molecule has 0 fully saturated rings. The van der Waals surface area contributed by atoms with Gasteiger partial charge in [0.05, 0.1) is 0 Å². The number of carbonyl (C=O) groups is 1. The van der Waals surface area contributed by atoms with Crippen LogP contribution in [0, 0.1) is 0 Å². The number of hydrogen-bond donors (Lipinski definition) is 0. The summed E-state index contributed by atoms with van der Waals surface area (Å²) in [5.41, 5.74) is 2.74. The fourth-order valence-electron chi connectivity index (χ4n) is 6.05. The minimum absolute atomic E-state index is 0.0291. The van der Waals surface area contributed by atoms with Crippen LogP contribution < -0.4 is 24.6 Å². The molecule has 0 unspecified atom stereocenters. The lowest BCUT2D eigenvalue weighted by atomic mass is 9.80. The molecule has 3 aliphatic rings. The molecule has 3 aromatic carbocycles. The van der Waals surface area contributed by atoms with Crippen molar-refractivity contribution in [1.29, 1.82) is 0 Å². The summed E-state index contributed by atoms with van der Waals surface area (Å²) < 4.78 is 20.6. The number of carbonyl (C=O) groups excluding carboxylic acids is 1. The maximum atomic E-state index is 14.1. The van der Waals surface area contributed by atoms with Crippen LogP contribution in [0.15, 0.2) is 102 Å². The molecule has 0 saturated carbocycles. The van der Waals surface area contributed by atoms with Crippen LogP contribution in [0.2, 0.25) is 0 Å². The molecule has 0 spiro atoms. The summed E-state index contributed by atoms with van der Waals surface area (Å²) in [5, 5.41) is 2.11. The third-order valence-corrected chi connectivity index (χ3v) is 8.05. The molecule has 4 aromatic rings. The zero-order chi connectivity index (χ0) is 28.0. The zero-order valence-corrected chi connectivity index (χ0v) is 22.7. The SMILES string of the molecule is C[C@@]12c3ccccc3OCc3cccc(c31)OC/C=C\CN1CN2n2ccc(=O)c(OCc3ccccc3)c2C1=O. The number of rotatable bonds is 3. The van der Waals surface area contributed by atoms with Crippen LogP contribution in [0.5, 0.6) is 17.2 Å². The van der Waals surface area contributed by atoms with Gasteiger partial charge in [-0.3, -0.25) is 19.3 Å². The summed E-state index contributed by atoms with van der Waals surface area (Å²) in [6, 6.07) is 25.0. The standard InChI is InChI=1S/C33H29N3O5/c1-33-25-13-5-6-14-27(25)40-21-24-12-9-15-28(29(24)33)39-19-8-7-17-34-22-36(33)35-18-16-26(37)31(30(35)32(34)38)41-20-23-10-3-2-4-11-23/h2-16,18H,17,19-22H2,1H3/b8-7-/t33-/m1/s1. The Morgan fingerprint density at radius 1 is 0.878 bits per heavy atom. The van der Waals surface area contributed by atoms with Crippen molar-refractivity contribution in [2.24, 2.45) is 0 Å². The van der Waals surface area contributed by atoms with Gasteiger partial charge in [0.1, 0.15) is 43.5 Å². The Labute approximate surface area is 237 Å². The van der Waals surface area contributed by atoms with Gasteiger partial charge in [-0.1, -0.05) is 66.7 Å². The van der Waals surface area contributed by atoms with E-state index in [4.69, 9.17) is 14.2 Å². The lowest BCUT2D eigenvalue weighted by Gasteiger charge is -2.49. The van der Waals surface area contributed by atoms with Crippen molar-refractivity contribution in [2.45, 2.75) is 25.7 Å². The van der Waals surface area contributed by atoms with E-state index < -0.39 is 5.54 Å². The summed E-state index contributed by atoms with van der Waals surface area (Å²) in [5.74, 6) is 1.24. The number of fused-ring (bicyclic) bond motifs is 7. The van der Waals surface area contributed by atoms with E-state index in [0.29, 0.717) is 19.8 Å². The fraction of sp³-hybridized carbons (Fsp3) is 0.212. The summed E-state index contributed by atoms with van der Waals surface area (Å²) in [7, 11) is 0. The molecule has 1 atom stereocenters. The highest BCUT2D eigenvalue weighted by molar-refractivity contribution is 5.96. The van der Waals surface area contributed by atoms with E-state index in [2.05, 4.69) is 24.1 Å². The lowest BCUT2D eigenvalue weighted by Crippen LogP contribution is -2.62. The Kier molecular flexibility index (Phi) is 6.03. The van der Waals surface area contributed by atoms with E-state index in [9.17, 15) is 9.59 Å². The molecule has 41 heavy (non-hydrogen) atoms. The Balaban J connectivity index is 1.49. The highest BCUT2D eigenvalue weighted by Crippen LogP contribution is 2.48. The van der Waals surface area contributed by atoms with E-state index in [-0.39, 0.29) is 36.1 Å². The third-order valence-electron chi connectivity index (χ3n) is 8.05. The van der Waals surface area contributed by atoms with Crippen molar-refractivity contribution in [1.82, 2.24) is 9.58 Å². The van der Waals surface area contributed by atoms with E-state index >= 15 is 0 Å². The first-order valence-electron chi connectivity index (χ1n) is 13.7. The molecule has 7 rings (SSSR count). The number of amides is 1. The number of hydrogen-bond acceptors (Lipinski definition) is 6. The first-order valence-corrected chi connectivity index (χ1v) is 13.7. The van der Waals surface area contributed by atoms with Crippen molar-refractivity contribution in [3.8, 4) is 17.2 Å². The van der Waals surface area contributed by atoms with Gasteiger partial charge < -0.3 is 19.1 Å². The molecular formula is C33H29N3O5. The van der Waals surface area contributed by atoms with Crippen molar-refractivity contribution >= 4 is 5.91 Å². The molecule has 1 amide bonds. The van der Waals surface area contributed by atoms with Crippen LogP contribution in [-0.4, -0.2) is 35.3 Å². The first kappa shape index (κ1) is 25.0. The van der Waals surface area contributed by atoms with E-state index in [1.807, 2.05) is 72.8 Å². The van der Waals surface area contributed by atoms with E-state index in [1.54, 1.807) is 15.8 Å². The van der Waals surface area contributed by atoms with Crippen LogP contribution >= 0.6 is 0 Å². The predicted molar refractivity (Wildman–Crippen MR) is 154 cm³/mol. The molecule has 0 N–H and O–H groups in total. The van der Waals surface area contributed by atoms with Gasteiger partial charge in [-0.15, -0.1) is 0 Å². The summed E-state index contributed by atoms with van der Waals surface area (Å²) in [6.07, 6.45) is 5.51. The Bertz CT molecular complexity index is 1730. The topological polar surface area (TPSA) is 73.2 Å². The van der Waals surface area contributed by atoms with E-state index in [0.717, 1.165) is 33.8 Å². The Morgan fingerprint density at radius 3 is 2.56 bits per heavy atom. The van der Waals surface area contributed by atoms with Gasteiger partial charge in [0.25, 0.3) is 5.91 Å². The number of nitrogens with zero attached hydrogens (tertiary/aromatic N) is 3. The lowest BCUT2D eigenvalue weighted by molar-refractivity contribution is 0.0682. The van der Waals surface area contributed by atoms with Crippen molar-refractivity contribution in [3.63, 3.8) is 0 Å². The number of ether oxygens (including phenoxy) is 3. The van der Waals surface area contributed by atoms with Gasteiger partial charge in [0.15, 0.2) is 11.4 Å². The van der Waals surface area contributed by atoms with Crippen molar-refractivity contribution < 1.29 is 19.0 Å². The maximum absolute atomic E-state index is 14.1. The van der Waals surface area contributed by atoms with Gasteiger partial charge in [-0.25, -0.2) is 0 Å². The molecule has 8 heteroatoms. The van der Waals surface area contributed by atoms with Crippen LogP contribution in [0.25, 0.3) is 0 Å². The van der Waals surface area contributed by atoms with Crippen LogP contribution in [-0.2, 0) is 18.8 Å². The second-order valence-electron chi connectivity index (χ2n) is 10.5. The van der Waals surface area contributed by atoms with Gasteiger partial charge >= 0.3 is 0 Å². The molecule has 0 saturated heterocycles. The number of benzene rings is 3. The molecule has 4 heterocycles. The molecule has 2 bridgehead atoms. The molecule has 1 aromatic heterocycles. The number of para-hydroxylation sites is 1. The molecule has 206 valence electrons. The summed E-state index contributed by atoms with van der Waals surface area (Å²) in [4.78, 5) is 29.1. The minimum atomic E-state index is -0.858. The largest absolute Gasteiger partial charge is 0.489 e. The summed E-state index contributed by atoms with van der Waals surface area (Å²) in [6.45, 7) is 3.61. The third kappa shape index (κ3) is 4.06. The summed E-state index contributed by atoms with van der Waals surface area (Å²) >= 11 is 0. The van der Waals surface area contributed by atoms with Crippen LogP contribution in [0.4, 0.5) is 0 Å². The average Bonchev–Trinajstić information content (AvgIpc) is 3.14. The quantitative estimate of drug-likeness (QED) is 0.350. The molecular weight excluding hydrogens is 518 g/mol. The number of pyridine rings is 1. The average molecular weight is 548 g/mol. The second-order valence-corrected chi connectivity index (χ2v) is 10.5. The smallest absolute Gasteiger partial charge is 0.278 e. The van der Waals surface area contributed by atoms with Gasteiger partial charge in [-0.2, -0.15) is 0 Å². The Morgan fingerprint density at radius 2 is 1.68 bits per heavy atom. The first-order chi connectivity index (χ1) is 20.1. The normalized spacial score (nSPS) is 19.8. The monoisotopic (exact) mass is 547 g/mol. The van der Waals surface area contributed by atoms with Crippen molar-refractivity contribution in [2.75, 3.05) is 24.8 Å². The maximum Gasteiger partial charge on any atom is 0.278 e. The minimum Gasteiger partial charge on any atom is -0.489 e. The van der Waals surface area contributed by atoms with Crippen LogP contribution in [0.1, 0.15) is 39.7 Å². The second kappa shape index (κ2) is 9.89. The zero-order valence-electron chi connectivity index (χ0n) is 22.7. The highest BCUT2D eigenvalue weighted by Gasteiger charge is 2.48. The molecule has 8 nitrogen and oxygen atoms in total. The van der Waals surface area contributed by atoms with Gasteiger partial charge in [0, 0.05) is 29.9 Å².